The lowest BCUT2D eigenvalue weighted by molar-refractivity contribution is -0.143. The number of rotatable bonds is 55. The zero-order valence-electron chi connectivity index (χ0n) is 45.3. The Morgan fingerprint density at radius 1 is 0.412 bits per heavy atom. The molecule has 0 fully saturated rings. The predicted octanol–water partition coefficient (Wildman–Crippen LogP) is 18.6. The number of hydrogen-bond donors (Lipinski definition) is 3. The average molecular weight is 955 g/mol. The second-order valence-electron chi connectivity index (χ2n) is 20.3. The van der Waals surface area contributed by atoms with Crippen LogP contribution >= 0.6 is 0 Å². The van der Waals surface area contributed by atoms with Gasteiger partial charge < -0.3 is 20.3 Å². The second kappa shape index (κ2) is 57.4. The number of carbonyl (C=O) groups excluding carboxylic acids is 2. The van der Waals surface area contributed by atoms with Gasteiger partial charge in [0.1, 0.15) is 0 Å². The molecular weight excluding hydrogens is 839 g/mol. The first-order valence-electron chi connectivity index (χ1n) is 29.9. The predicted molar refractivity (Wildman–Crippen MR) is 296 cm³/mol. The summed E-state index contributed by atoms with van der Waals surface area (Å²) in [4.78, 5) is 24.5. The Labute approximate surface area is 423 Å². The molecule has 0 saturated heterocycles. The van der Waals surface area contributed by atoms with Crippen LogP contribution in [-0.2, 0) is 14.3 Å². The maximum Gasteiger partial charge on any atom is 0.305 e. The van der Waals surface area contributed by atoms with Crippen molar-refractivity contribution in [3.05, 3.63) is 48.6 Å². The summed E-state index contributed by atoms with van der Waals surface area (Å²) in [6, 6.07) is -0.546. The topological polar surface area (TPSA) is 95.9 Å². The maximum atomic E-state index is 12.5. The summed E-state index contributed by atoms with van der Waals surface area (Å²) in [5.41, 5.74) is 0. The lowest BCUT2D eigenvalue weighted by Gasteiger charge is -2.22. The summed E-state index contributed by atoms with van der Waals surface area (Å²) in [5.74, 6) is -0.0483. The summed E-state index contributed by atoms with van der Waals surface area (Å²) < 4.78 is 5.46. The van der Waals surface area contributed by atoms with E-state index in [1.807, 2.05) is 0 Å². The Hall–Kier alpha value is -2.18. The molecule has 3 N–H and O–H groups in total. The van der Waals surface area contributed by atoms with Crippen LogP contribution in [0.2, 0.25) is 0 Å². The molecule has 0 bridgehead atoms. The van der Waals surface area contributed by atoms with E-state index in [1.54, 1.807) is 0 Å². The van der Waals surface area contributed by atoms with E-state index in [0.29, 0.717) is 25.9 Å². The third kappa shape index (κ3) is 53.2. The first-order chi connectivity index (χ1) is 33.5. The van der Waals surface area contributed by atoms with Gasteiger partial charge in [0.2, 0.25) is 5.91 Å². The number of carbonyl (C=O) groups is 2. The fraction of sp³-hybridized carbons (Fsp3) is 0.839. The summed E-state index contributed by atoms with van der Waals surface area (Å²) >= 11 is 0. The lowest BCUT2D eigenvalue weighted by atomic mass is 10.0. The normalized spacial score (nSPS) is 12.9. The SMILES string of the molecule is CCC/C=C\C/C=C\CCCCCCCC(=O)OCCCCCCCCCCC/C=C\C/C=C\CCCCCCCCCCCC(=O)NC(CO)C(O)CCCCCCCCCCCCCCC. The summed E-state index contributed by atoms with van der Waals surface area (Å²) in [7, 11) is 0. The van der Waals surface area contributed by atoms with Crippen LogP contribution in [0.25, 0.3) is 0 Å². The Morgan fingerprint density at radius 3 is 1.18 bits per heavy atom. The van der Waals surface area contributed by atoms with Crippen molar-refractivity contribution in [3.63, 3.8) is 0 Å². The number of allylic oxidation sites excluding steroid dienone is 8. The highest BCUT2D eigenvalue weighted by molar-refractivity contribution is 5.76. The first-order valence-corrected chi connectivity index (χ1v) is 29.9. The minimum Gasteiger partial charge on any atom is -0.466 e. The number of aliphatic hydroxyl groups excluding tert-OH is 2. The fourth-order valence-electron chi connectivity index (χ4n) is 9.00. The molecule has 2 atom stereocenters. The van der Waals surface area contributed by atoms with E-state index in [4.69, 9.17) is 4.74 Å². The molecule has 0 aliphatic rings. The molecule has 0 aromatic rings. The van der Waals surface area contributed by atoms with E-state index >= 15 is 0 Å². The van der Waals surface area contributed by atoms with Gasteiger partial charge in [-0.2, -0.15) is 0 Å². The van der Waals surface area contributed by atoms with Crippen molar-refractivity contribution in [2.75, 3.05) is 13.2 Å². The van der Waals surface area contributed by atoms with Gasteiger partial charge >= 0.3 is 5.97 Å². The van der Waals surface area contributed by atoms with Crippen LogP contribution in [-0.4, -0.2) is 47.4 Å². The zero-order valence-corrected chi connectivity index (χ0v) is 45.3. The van der Waals surface area contributed by atoms with Gasteiger partial charge in [-0.3, -0.25) is 9.59 Å². The standard InChI is InChI=1S/C62H115NO5/c1-3-5-7-9-11-13-15-30-34-38-42-46-50-54-60(65)59(58-64)63-61(66)55-51-47-43-39-35-32-28-26-24-22-20-18-17-19-21-23-25-27-29-33-37-41-45-49-53-57-68-62(67)56-52-48-44-40-36-31-16-14-12-10-8-6-4-2/h8,10,14,16,18-21,59-60,64-65H,3-7,9,11-13,15,17,22-58H2,1-2H3,(H,63,66)/b10-8-,16-14-,20-18-,21-19-. The molecule has 0 heterocycles. The summed E-state index contributed by atoms with van der Waals surface area (Å²) in [5, 5.41) is 23.2. The van der Waals surface area contributed by atoms with Crippen molar-refractivity contribution < 1.29 is 24.5 Å². The van der Waals surface area contributed by atoms with Crippen LogP contribution in [0.3, 0.4) is 0 Å². The fourth-order valence-corrected chi connectivity index (χ4v) is 9.00. The number of unbranched alkanes of at least 4 members (excludes halogenated alkanes) is 36. The van der Waals surface area contributed by atoms with Gasteiger partial charge in [0.05, 0.1) is 25.4 Å². The monoisotopic (exact) mass is 954 g/mol. The van der Waals surface area contributed by atoms with Crippen molar-refractivity contribution >= 4 is 11.9 Å². The highest BCUT2D eigenvalue weighted by Crippen LogP contribution is 2.17. The maximum absolute atomic E-state index is 12.5. The molecule has 0 rings (SSSR count). The Kier molecular flexibility index (Phi) is 55.6. The van der Waals surface area contributed by atoms with Crippen molar-refractivity contribution in [2.24, 2.45) is 0 Å². The van der Waals surface area contributed by atoms with Crippen LogP contribution in [0.1, 0.15) is 309 Å². The first kappa shape index (κ1) is 65.8. The van der Waals surface area contributed by atoms with Crippen molar-refractivity contribution in [3.8, 4) is 0 Å². The summed E-state index contributed by atoms with van der Waals surface area (Å²) in [6.07, 6.45) is 72.6. The number of aliphatic hydroxyl groups is 2. The van der Waals surface area contributed by atoms with Crippen LogP contribution in [0.4, 0.5) is 0 Å². The van der Waals surface area contributed by atoms with E-state index in [-0.39, 0.29) is 18.5 Å². The number of esters is 1. The van der Waals surface area contributed by atoms with Gasteiger partial charge in [0, 0.05) is 12.8 Å². The van der Waals surface area contributed by atoms with Gasteiger partial charge in [0.25, 0.3) is 0 Å². The highest BCUT2D eigenvalue weighted by atomic mass is 16.5. The molecule has 2 unspecified atom stereocenters. The number of ether oxygens (including phenoxy) is 1. The minimum absolute atomic E-state index is 0.00685. The van der Waals surface area contributed by atoms with Gasteiger partial charge in [-0.05, 0) is 83.5 Å². The molecule has 6 nitrogen and oxygen atoms in total. The van der Waals surface area contributed by atoms with E-state index in [2.05, 4.69) is 67.8 Å². The van der Waals surface area contributed by atoms with E-state index in [9.17, 15) is 19.8 Å². The van der Waals surface area contributed by atoms with Gasteiger partial charge in [-0.1, -0.05) is 262 Å². The van der Waals surface area contributed by atoms with Gasteiger partial charge in [-0.15, -0.1) is 0 Å². The molecule has 6 heteroatoms. The van der Waals surface area contributed by atoms with Crippen LogP contribution < -0.4 is 5.32 Å². The third-order valence-corrected chi connectivity index (χ3v) is 13.6. The molecule has 0 aromatic heterocycles. The molecule has 68 heavy (non-hydrogen) atoms. The minimum atomic E-state index is -0.668. The van der Waals surface area contributed by atoms with Crippen LogP contribution in [0.15, 0.2) is 48.6 Å². The molecule has 0 aliphatic heterocycles. The second-order valence-corrected chi connectivity index (χ2v) is 20.3. The van der Waals surface area contributed by atoms with Gasteiger partial charge in [0.15, 0.2) is 0 Å². The number of amides is 1. The third-order valence-electron chi connectivity index (χ3n) is 13.6. The van der Waals surface area contributed by atoms with E-state index < -0.39 is 12.1 Å². The molecule has 0 spiro atoms. The Bertz CT molecular complexity index is 1150. The van der Waals surface area contributed by atoms with Crippen LogP contribution in [0.5, 0.6) is 0 Å². The van der Waals surface area contributed by atoms with E-state index in [1.165, 1.54) is 218 Å². The largest absolute Gasteiger partial charge is 0.466 e. The molecular formula is C62H115NO5. The Morgan fingerprint density at radius 2 is 0.765 bits per heavy atom. The quantitative estimate of drug-likeness (QED) is 0.0321. The lowest BCUT2D eigenvalue weighted by Crippen LogP contribution is -2.45. The molecule has 0 radical (unpaired) electrons. The zero-order chi connectivity index (χ0) is 49.3. The van der Waals surface area contributed by atoms with Crippen LogP contribution in [0, 0.1) is 0 Å². The van der Waals surface area contributed by atoms with Crippen molar-refractivity contribution in [1.29, 1.82) is 0 Å². The molecule has 1 amide bonds. The smallest absolute Gasteiger partial charge is 0.305 e. The van der Waals surface area contributed by atoms with Crippen molar-refractivity contribution in [2.45, 2.75) is 321 Å². The molecule has 0 aliphatic carbocycles. The molecule has 0 aromatic carbocycles. The number of nitrogens with one attached hydrogen (secondary N) is 1. The molecule has 0 saturated carbocycles. The number of hydrogen-bond acceptors (Lipinski definition) is 5. The van der Waals surface area contributed by atoms with Gasteiger partial charge in [-0.25, -0.2) is 0 Å². The average Bonchev–Trinajstić information content (AvgIpc) is 3.34. The summed E-state index contributed by atoms with van der Waals surface area (Å²) in [6.45, 7) is 4.88. The highest BCUT2D eigenvalue weighted by Gasteiger charge is 2.20. The van der Waals surface area contributed by atoms with Crippen molar-refractivity contribution in [1.82, 2.24) is 5.32 Å². The van der Waals surface area contributed by atoms with E-state index in [0.717, 1.165) is 57.8 Å². The molecule has 398 valence electrons. The Balaban J connectivity index is 3.44.